The number of carbonyl (C=O) groups is 2. The number of ether oxygens (including phenoxy) is 4. The number of allylic oxidation sites excluding steroid dienone is 4. The Morgan fingerprint density at radius 2 is 1.05 bits per heavy atom. The van der Waals surface area contributed by atoms with Gasteiger partial charge in [-0.05, 0) is 23.0 Å². The Bertz CT molecular complexity index is 1330. The molecule has 0 amide bonds. The summed E-state index contributed by atoms with van der Waals surface area (Å²) in [4.78, 5) is 27.8. The van der Waals surface area contributed by atoms with Gasteiger partial charge in [0.05, 0.1) is 14.2 Å². The van der Waals surface area contributed by atoms with Gasteiger partial charge in [-0.3, -0.25) is 9.59 Å². The molecule has 0 aromatic heterocycles. The predicted octanol–water partition coefficient (Wildman–Crippen LogP) is 6.64. The van der Waals surface area contributed by atoms with Crippen LogP contribution in [0.15, 0.2) is 59.1 Å². The maximum Gasteiger partial charge on any atom is 0.172 e. The van der Waals surface area contributed by atoms with Crippen molar-refractivity contribution in [3.63, 3.8) is 0 Å². The number of methoxy groups -OCH3 is 2. The minimum Gasteiger partial charge on any atom is -0.493 e. The summed E-state index contributed by atoms with van der Waals surface area (Å²) < 4.78 is 24.4. The largest absolute Gasteiger partial charge is 0.493 e. The van der Waals surface area contributed by atoms with Crippen LogP contribution in [0.1, 0.15) is 76.3 Å². The summed E-state index contributed by atoms with van der Waals surface area (Å²) in [6.45, 7) is 8.36. The van der Waals surface area contributed by atoms with Crippen molar-refractivity contribution in [2.45, 2.75) is 65.2 Å². The minimum absolute atomic E-state index is 0.0661. The molecule has 0 fully saturated rings. The van der Waals surface area contributed by atoms with Crippen molar-refractivity contribution in [2.75, 3.05) is 14.2 Å². The first-order chi connectivity index (χ1) is 18.0. The second kappa shape index (κ2) is 8.48. The quantitative estimate of drug-likeness (QED) is 0.457. The van der Waals surface area contributed by atoms with Crippen molar-refractivity contribution < 1.29 is 28.5 Å². The summed E-state index contributed by atoms with van der Waals surface area (Å²) in [7, 11) is 3.24. The molecule has 2 aromatic carbocycles. The topological polar surface area (TPSA) is 71.1 Å². The number of hydrogen-bond donors (Lipinski definition) is 0. The Labute approximate surface area is 223 Å². The van der Waals surface area contributed by atoms with Crippen molar-refractivity contribution >= 4 is 11.6 Å². The molecular formula is C32H34O6. The zero-order valence-corrected chi connectivity index (χ0v) is 22.9. The predicted molar refractivity (Wildman–Crippen MR) is 143 cm³/mol. The summed E-state index contributed by atoms with van der Waals surface area (Å²) in [5, 5.41) is 0. The molecule has 2 heterocycles. The van der Waals surface area contributed by atoms with E-state index in [0.29, 0.717) is 71.3 Å². The first-order valence-electron chi connectivity index (χ1n) is 13.3. The average Bonchev–Trinajstić information content (AvgIpc) is 2.84. The fourth-order valence-electron chi connectivity index (χ4n) is 6.78. The molecule has 0 bridgehead atoms. The van der Waals surface area contributed by atoms with E-state index in [1.165, 1.54) is 0 Å². The normalized spacial score (nSPS) is 24.9. The molecule has 0 saturated heterocycles. The van der Waals surface area contributed by atoms with E-state index in [2.05, 4.69) is 27.7 Å². The van der Waals surface area contributed by atoms with Gasteiger partial charge in [-0.2, -0.15) is 0 Å². The first kappa shape index (κ1) is 24.8. The van der Waals surface area contributed by atoms with E-state index in [1.807, 2.05) is 36.4 Å². The van der Waals surface area contributed by atoms with Gasteiger partial charge in [-0.1, -0.05) is 52.0 Å². The maximum atomic E-state index is 13.9. The first-order valence-corrected chi connectivity index (χ1v) is 13.3. The highest BCUT2D eigenvalue weighted by Gasteiger charge is 2.51. The van der Waals surface area contributed by atoms with Crippen LogP contribution in [0.4, 0.5) is 0 Å². The number of carbonyl (C=O) groups excluding carboxylic acids is 2. The van der Waals surface area contributed by atoms with Gasteiger partial charge >= 0.3 is 0 Å². The Kier molecular flexibility index (Phi) is 5.53. The highest BCUT2D eigenvalue weighted by molar-refractivity contribution is 6.03. The van der Waals surface area contributed by atoms with Crippen LogP contribution in [0.25, 0.3) is 0 Å². The summed E-state index contributed by atoms with van der Waals surface area (Å²) >= 11 is 0. The lowest BCUT2D eigenvalue weighted by Gasteiger charge is -2.45. The number of rotatable bonds is 3. The van der Waals surface area contributed by atoms with Crippen LogP contribution < -0.4 is 18.9 Å². The van der Waals surface area contributed by atoms with Gasteiger partial charge in [0.25, 0.3) is 0 Å². The number of Topliss-reactive ketones (excluding diaryl/α,β-unsaturated/α-hetero) is 2. The van der Waals surface area contributed by atoms with Crippen molar-refractivity contribution in [2.24, 2.45) is 10.8 Å². The van der Waals surface area contributed by atoms with Crippen LogP contribution in [0.3, 0.4) is 0 Å². The molecule has 2 aliphatic heterocycles. The summed E-state index contributed by atoms with van der Waals surface area (Å²) in [6.07, 6.45) is 2.10. The Morgan fingerprint density at radius 3 is 1.42 bits per heavy atom. The molecule has 4 aliphatic rings. The second-order valence-corrected chi connectivity index (χ2v) is 12.5. The Hall–Kier alpha value is -3.54. The smallest absolute Gasteiger partial charge is 0.172 e. The molecular weight excluding hydrogens is 480 g/mol. The maximum absolute atomic E-state index is 13.9. The number of benzene rings is 2. The summed E-state index contributed by atoms with van der Waals surface area (Å²) in [5.74, 6) is 3.10. The summed E-state index contributed by atoms with van der Waals surface area (Å²) in [5.41, 5.74) is 2.56. The lowest BCUT2D eigenvalue weighted by atomic mass is 9.62. The van der Waals surface area contributed by atoms with Crippen LogP contribution in [-0.2, 0) is 9.59 Å². The lowest BCUT2D eigenvalue weighted by molar-refractivity contribution is -0.120. The van der Waals surface area contributed by atoms with Gasteiger partial charge < -0.3 is 18.9 Å². The molecule has 0 radical (unpaired) electrons. The zero-order valence-electron chi connectivity index (χ0n) is 22.9. The molecule has 0 N–H and O–H groups in total. The molecule has 198 valence electrons. The number of ketones is 2. The standard InChI is InChI=1S/C32H34O6/c1-31(2)13-19(33)27-23(15-31)37-29-17(9-7-11-21(29)35-5)25(27)26-18-10-8-12-22(36-6)30(18)38-24-16-32(3,4)14-20(34)28(24)26/h7-12,25-26H,13-16H2,1-6H3. The van der Waals surface area contributed by atoms with E-state index < -0.39 is 11.8 Å². The molecule has 38 heavy (non-hydrogen) atoms. The van der Waals surface area contributed by atoms with Gasteiger partial charge in [0.1, 0.15) is 11.5 Å². The van der Waals surface area contributed by atoms with E-state index >= 15 is 0 Å². The van der Waals surface area contributed by atoms with Crippen LogP contribution in [-0.4, -0.2) is 25.8 Å². The molecule has 6 rings (SSSR count). The van der Waals surface area contributed by atoms with Crippen molar-refractivity contribution in [1.82, 2.24) is 0 Å². The zero-order chi connectivity index (χ0) is 27.0. The highest BCUT2D eigenvalue weighted by atomic mass is 16.5. The molecule has 0 saturated carbocycles. The van der Waals surface area contributed by atoms with Gasteiger partial charge in [-0.25, -0.2) is 0 Å². The van der Waals surface area contributed by atoms with Gasteiger partial charge in [0, 0.05) is 59.8 Å². The number of para-hydroxylation sites is 2. The van der Waals surface area contributed by atoms with E-state index in [9.17, 15) is 9.59 Å². The third-order valence-corrected chi connectivity index (χ3v) is 8.29. The third kappa shape index (κ3) is 3.76. The van der Waals surface area contributed by atoms with Crippen molar-refractivity contribution in [3.8, 4) is 23.0 Å². The lowest BCUT2D eigenvalue weighted by Crippen LogP contribution is -2.38. The molecule has 0 spiro atoms. The van der Waals surface area contributed by atoms with E-state index in [-0.39, 0.29) is 22.4 Å². The molecule has 2 aliphatic carbocycles. The molecule has 2 atom stereocenters. The van der Waals surface area contributed by atoms with Crippen LogP contribution >= 0.6 is 0 Å². The average molecular weight is 515 g/mol. The van der Waals surface area contributed by atoms with Crippen LogP contribution in [0.2, 0.25) is 0 Å². The second-order valence-electron chi connectivity index (χ2n) is 12.5. The van der Waals surface area contributed by atoms with E-state index in [0.717, 1.165) is 11.1 Å². The Morgan fingerprint density at radius 1 is 0.658 bits per heavy atom. The van der Waals surface area contributed by atoms with Gasteiger partial charge in [0.15, 0.2) is 34.6 Å². The summed E-state index contributed by atoms with van der Waals surface area (Å²) in [6, 6.07) is 11.6. The monoisotopic (exact) mass is 514 g/mol. The van der Waals surface area contributed by atoms with Crippen LogP contribution in [0.5, 0.6) is 23.0 Å². The molecule has 6 nitrogen and oxygen atoms in total. The van der Waals surface area contributed by atoms with Crippen molar-refractivity contribution in [1.29, 1.82) is 0 Å². The van der Waals surface area contributed by atoms with E-state index in [4.69, 9.17) is 18.9 Å². The fourth-order valence-corrected chi connectivity index (χ4v) is 6.78. The number of hydrogen-bond acceptors (Lipinski definition) is 6. The van der Waals surface area contributed by atoms with E-state index in [1.54, 1.807) is 14.2 Å². The molecule has 6 heteroatoms. The molecule has 2 aromatic rings. The fraction of sp³-hybridized carbons (Fsp3) is 0.438. The van der Waals surface area contributed by atoms with Gasteiger partial charge in [-0.15, -0.1) is 0 Å². The molecule has 2 unspecified atom stereocenters. The van der Waals surface area contributed by atoms with Crippen molar-refractivity contribution in [3.05, 3.63) is 70.2 Å². The number of fused-ring (bicyclic) bond motifs is 2. The highest BCUT2D eigenvalue weighted by Crippen LogP contribution is 2.60. The minimum atomic E-state index is -0.419. The van der Waals surface area contributed by atoms with Crippen LogP contribution in [0, 0.1) is 10.8 Å². The SMILES string of the molecule is COc1cccc2c1OC1=C(C(=O)CC(C)(C)C1)C2C1C2=C(CC(C)(C)CC2=O)Oc2c(OC)cccc21. The Balaban J connectivity index is 1.67. The third-order valence-electron chi connectivity index (χ3n) is 8.29. The van der Waals surface area contributed by atoms with Gasteiger partial charge in [0.2, 0.25) is 0 Å².